The smallest absolute Gasteiger partial charge is 0.271 e. The summed E-state index contributed by atoms with van der Waals surface area (Å²) in [5.74, 6) is 0.341. The van der Waals surface area contributed by atoms with Gasteiger partial charge in [-0.25, -0.2) is 4.98 Å². The van der Waals surface area contributed by atoms with Crippen molar-refractivity contribution in [1.82, 2.24) is 9.97 Å². The van der Waals surface area contributed by atoms with E-state index in [1.165, 1.54) is 18.2 Å². The van der Waals surface area contributed by atoms with Gasteiger partial charge in [0.05, 0.1) is 21.7 Å². The summed E-state index contributed by atoms with van der Waals surface area (Å²) in [5, 5.41) is 10.9. The van der Waals surface area contributed by atoms with E-state index in [1.54, 1.807) is 0 Å². The molecule has 0 bridgehead atoms. The summed E-state index contributed by atoms with van der Waals surface area (Å²) in [4.78, 5) is 28.0. The van der Waals surface area contributed by atoms with Crippen molar-refractivity contribution in [3.05, 3.63) is 44.5 Å². The standard InChI is InChI=1S/C9H6ClN3O3/c10-4-8-11-7-3-5(13(15)16)1-2-6(7)9(14)12-8/h1-3H,4H2,(H,11,12,14). The fraction of sp³-hybridized carbons (Fsp3) is 0.111. The van der Waals surface area contributed by atoms with Crippen LogP contribution in [-0.2, 0) is 5.88 Å². The molecule has 1 N–H and O–H groups in total. The third kappa shape index (κ3) is 1.74. The number of aromatic amines is 1. The van der Waals surface area contributed by atoms with Gasteiger partial charge in [0.2, 0.25) is 0 Å². The maximum Gasteiger partial charge on any atom is 0.271 e. The number of fused-ring (bicyclic) bond motifs is 1. The third-order valence-corrected chi connectivity index (χ3v) is 2.33. The molecule has 1 aromatic heterocycles. The largest absolute Gasteiger partial charge is 0.309 e. The van der Waals surface area contributed by atoms with E-state index in [9.17, 15) is 14.9 Å². The van der Waals surface area contributed by atoms with Crippen LogP contribution in [0, 0.1) is 10.1 Å². The molecule has 0 atom stereocenters. The summed E-state index contributed by atoms with van der Waals surface area (Å²) in [6.07, 6.45) is 0. The number of non-ortho nitro benzene ring substituents is 1. The van der Waals surface area contributed by atoms with Crippen LogP contribution in [0.25, 0.3) is 10.9 Å². The molecule has 1 heterocycles. The maximum atomic E-state index is 11.5. The van der Waals surface area contributed by atoms with Crippen LogP contribution >= 0.6 is 11.6 Å². The number of hydrogen-bond acceptors (Lipinski definition) is 4. The molecule has 7 heteroatoms. The minimum Gasteiger partial charge on any atom is -0.309 e. The second kappa shape index (κ2) is 3.90. The lowest BCUT2D eigenvalue weighted by molar-refractivity contribution is -0.384. The topological polar surface area (TPSA) is 88.9 Å². The predicted octanol–water partition coefficient (Wildman–Crippen LogP) is 1.57. The summed E-state index contributed by atoms with van der Waals surface area (Å²) in [6.45, 7) is 0. The molecule has 82 valence electrons. The lowest BCUT2D eigenvalue weighted by Crippen LogP contribution is -2.11. The molecule has 6 nitrogen and oxygen atoms in total. The van der Waals surface area contributed by atoms with Crippen molar-refractivity contribution >= 4 is 28.2 Å². The van der Waals surface area contributed by atoms with Crippen LogP contribution in [0.15, 0.2) is 23.0 Å². The lowest BCUT2D eigenvalue weighted by atomic mass is 10.2. The Labute approximate surface area is 94.0 Å². The number of hydrogen-bond donors (Lipinski definition) is 1. The molecule has 0 saturated heterocycles. The summed E-state index contributed by atoms with van der Waals surface area (Å²) in [5.41, 5.74) is -0.185. The van der Waals surface area contributed by atoms with Crippen molar-refractivity contribution < 1.29 is 4.92 Å². The fourth-order valence-corrected chi connectivity index (χ4v) is 1.48. The van der Waals surface area contributed by atoms with Gasteiger partial charge in [0, 0.05) is 12.1 Å². The first-order valence-electron chi connectivity index (χ1n) is 4.35. The minimum atomic E-state index is -0.539. The van der Waals surface area contributed by atoms with Crippen molar-refractivity contribution in [2.24, 2.45) is 0 Å². The average Bonchev–Trinajstić information content (AvgIpc) is 2.28. The number of halogens is 1. The van der Waals surface area contributed by atoms with Crippen LogP contribution in [0.2, 0.25) is 0 Å². The molecule has 16 heavy (non-hydrogen) atoms. The number of alkyl halides is 1. The van der Waals surface area contributed by atoms with E-state index in [4.69, 9.17) is 11.6 Å². The Balaban J connectivity index is 2.76. The Morgan fingerprint density at radius 1 is 1.50 bits per heavy atom. The van der Waals surface area contributed by atoms with E-state index in [1.807, 2.05) is 0 Å². The highest BCUT2D eigenvalue weighted by atomic mass is 35.5. The van der Waals surface area contributed by atoms with Crippen molar-refractivity contribution in [1.29, 1.82) is 0 Å². The highest BCUT2D eigenvalue weighted by Crippen LogP contribution is 2.16. The molecule has 0 aliphatic rings. The van der Waals surface area contributed by atoms with Gasteiger partial charge in [-0.2, -0.15) is 0 Å². The van der Waals surface area contributed by atoms with E-state index in [-0.39, 0.29) is 22.6 Å². The zero-order chi connectivity index (χ0) is 11.7. The fourth-order valence-electron chi connectivity index (χ4n) is 1.35. The van der Waals surface area contributed by atoms with Crippen LogP contribution in [0.5, 0.6) is 0 Å². The third-order valence-electron chi connectivity index (χ3n) is 2.08. The zero-order valence-corrected chi connectivity index (χ0v) is 8.69. The van der Waals surface area contributed by atoms with Crippen molar-refractivity contribution in [3.8, 4) is 0 Å². The molecule has 0 saturated carbocycles. The van der Waals surface area contributed by atoms with Gasteiger partial charge >= 0.3 is 0 Å². The minimum absolute atomic E-state index is 0.0495. The molecule has 1 aromatic carbocycles. The number of nitrogens with zero attached hydrogens (tertiary/aromatic N) is 2. The molecule has 0 amide bonds. The summed E-state index contributed by atoms with van der Waals surface area (Å²) >= 11 is 5.54. The Kier molecular flexibility index (Phi) is 2.57. The molecule has 2 rings (SSSR count). The molecule has 0 aliphatic heterocycles. The second-order valence-corrected chi connectivity index (χ2v) is 3.37. The van der Waals surface area contributed by atoms with Crippen molar-refractivity contribution in [2.75, 3.05) is 0 Å². The monoisotopic (exact) mass is 239 g/mol. The van der Waals surface area contributed by atoms with E-state index in [0.29, 0.717) is 11.2 Å². The number of H-pyrrole nitrogens is 1. The van der Waals surface area contributed by atoms with Gasteiger partial charge in [-0.1, -0.05) is 0 Å². The van der Waals surface area contributed by atoms with E-state index in [0.717, 1.165) is 0 Å². The quantitative estimate of drug-likeness (QED) is 0.489. The highest BCUT2D eigenvalue weighted by molar-refractivity contribution is 6.16. The van der Waals surface area contributed by atoms with E-state index in [2.05, 4.69) is 9.97 Å². The van der Waals surface area contributed by atoms with Gasteiger partial charge in [0.15, 0.2) is 0 Å². The maximum absolute atomic E-state index is 11.5. The van der Waals surface area contributed by atoms with Gasteiger partial charge in [0.1, 0.15) is 5.82 Å². The van der Waals surface area contributed by atoms with Crippen molar-refractivity contribution in [3.63, 3.8) is 0 Å². The van der Waals surface area contributed by atoms with Crippen LogP contribution in [0.4, 0.5) is 5.69 Å². The first-order chi connectivity index (χ1) is 7.61. The number of nitro benzene ring substituents is 1. The Morgan fingerprint density at radius 3 is 2.88 bits per heavy atom. The molecule has 2 aromatic rings. The lowest BCUT2D eigenvalue weighted by Gasteiger charge is -1.99. The molecule has 0 aliphatic carbocycles. The number of benzene rings is 1. The number of nitrogens with one attached hydrogen (secondary N) is 1. The van der Waals surface area contributed by atoms with Crippen LogP contribution < -0.4 is 5.56 Å². The average molecular weight is 240 g/mol. The summed E-state index contributed by atoms with van der Waals surface area (Å²) in [6, 6.07) is 3.89. The second-order valence-electron chi connectivity index (χ2n) is 3.10. The molecule has 0 spiro atoms. The van der Waals surface area contributed by atoms with Gasteiger partial charge < -0.3 is 4.98 Å². The molecule has 0 radical (unpaired) electrons. The highest BCUT2D eigenvalue weighted by Gasteiger charge is 2.09. The Morgan fingerprint density at radius 2 is 2.25 bits per heavy atom. The molecule has 0 unspecified atom stereocenters. The van der Waals surface area contributed by atoms with Crippen LogP contribution in [0.3, 0.4) is 0 Å². The molecule has 0 fully saturated rings. The molecular weight excluding hydrogens is 234 g/mol. The summed E-state index contributed by atoms with van der Waals surface area (Å²) in [7, 11) is 0. The van der Waals surface area contributed by atoms with Gasteiger partial charge in [-0.15, -0.1) is 11.6 Å². The Hall–Kier alpha value is -1.95. The van der Waals surface area contributed by atoms with Gasteiger partial charge in [-0.3, -0.25) is 14.9 Å². The SMILES string of the molecule is O=c1[nH]c(CCl)nc2cc([N+](=O)[O-])ccc12. The molecular formula is C9H6ClN3O3. The van der Waals surface area contributed by atoms with Gasteiger partial charge in [-0.05, 0) is 6.07 Å². The van der Waals surface area contributed by atoms with Crippen LogP contribution in [-0.4, -0.2) is 14.9 Å². The van der Waals surface area contributed by atoms with E-state index >= 15 is 0 Å². The van der Waals surface area contributed by atoms with Crippen LogP contribution in [0.1, 0.15) is 5.82 Å². The number of rotatable bonds is 2. The normalized spacial score (nSPS) is 10.6. The Bertz CT molecular complexity index is 623. The van der Waals surface area contributed by atoms with Gasteiger partial charge in [0.25, 0.3) is 11.2 Å². The summed E-state index contributed by atoms with van der Waals surface area (Å²) < 4.78 is 0. The van der Waals surface area contributed by atoms with Crippen molar-refractivity contribution in [2.45, 2.75) is 5.88 Å². The first-order valence-corrected chi connectivity index (χ1v) is 4.88. The number of nitro groups is 1. The zero-order valence-electron chi connectivity index (χ0n) is 7.94. The van der Waals surface area contributed by atoms with E-state index < -0.39 is 4.92 Å². The first kappa shape index (κ1) is 10.6. The number of aromatic nitrogens is 2. The predicted molar refractivity (Wildman–Crippen MR) is 58.6 cm³/mol.